The summed E-state index contributed by atoms with van der Waals surface area (Å²) in [5.74, 6) is 2.06. The highest BCUT2D eigenvalue weighted by Crippen LogP contribution is 2.25. The molecule has 0 unspecified atom stereocenters. The molecule has 27 heavy (non-hydrogen) atoms. The number of hydrogen-bond donors (Lipinski definition) is 0. The van der Waals surface area contributed by atoms with Gasteiger partial charge in [0, 0.05) is 6.42 Å². The van der Waals surface area contributed by atoms with Crippen molar-refractivity contribution in [1.29, 1.82) is 0 Å². The smallest absolute Gasteiger partial charge is 0.130 e. The van der Waals surface area contributed by atoms with Crippen LogP contribution >= 0.6 is 0 Å². The first-order valence-electron chi connectivity index (χ1n) is 10.1. The van der Waals surface area contributed by atoms with Gasteiger partial charge < -0.3 is 14.3 Å². The molecule has 1 saturated carbocycles. The Morgan fingerprint density at radius 1 is 1.04 bits per heavy atom. The molecule has 0 spiro atoms. The topological polar surface area (TPSA) is 35.5 Å². The van der Waals surface area contributed by atoms with Crippen molar-refractivity contribution in [1.82, 2.24) is 0 Å². The Morgan fingerprint density at radius 3 is 2.59 bits per heavy atom. The van der Waals surface area contributed by atoms with E-state index in [1.165, 1.54) is 24.8 Å². The van der Waals surface area contributed by atoms with E-state index < -0.39 is 0 Å². The molecular formula is C24H30O3. The Hall–Kier alpha value is -2.29. The standard InChI is InChI=1S/C24H30O3/c1-18-15-20(12-11-19(2)25)13-14-24(18)26-17-21-7-6-10-23(16-21)27-22-8-4-3-5-9-22/h6-7,10,13-16,22H,3-5,8-9,11-12,17H2,1-2H3. The summed E-state index contributed by atoms with van der Waals surface area (Å²) in [4.78, 5) is 11.1. The Morgan fingerprint density at radius 2 is 1.85 bits per heavy atom. The van der Waals surface area contributed by atoms with Gasteiger partial charge in [-0.2, -0.15) is 0 Å². The number of rotatable bonds is 8. The molecule has 0 atom stereocenters. The molecule has 3 heteroatoms. The molecule has 1 fully saturated rings. The van der Waals surface area contributed by atoms with Crippen LogP contribution in [0.5, 0.6) is 11.5 Å². The molecule has 144 valence electrons. The predicted molar refractivity (Wildman–Crippen MR) is 108 cm³/mol. The van der Waals surface area contributed by atoms with E-state index in [1.807, 2.05) is 24.3 Å². The van der Waals surface area contributed by atoms with Gasteiger partial charge in [0.25, 0.3) is 0 Å². The van der Waals surface area contributed by atoms with Gasteiger partial charge in [-0.05, 0) is 80.8 Å². The number of carbonyl (C=O) groups is 1. The van der Waals surface area contributed by atoms with E-state index in [2.05, 4.69) is 25.1 Å². The summed E-state index contributed by atoms with van der Waals surface area (Å²) in [6.07, 6.45) is 7.95. The summed E-state index contributed by atoms with van der Waals surface area (Å²) < 4.78 is 12.2. The Bertz CT molecular complexity index is 760. The van der Waals surface area contributed by atoms with Crippen molar-refractivity contribution in [3.05, 3.63) is 59.2 Å². The fourth-order valence-corrected chi connectivity index (χ4v) is 3.59. The largest absolute Gasteiger partial charge is 0.490 e. The van der Waals surface area contributed by atoms with Crippen LogP contribution in [-0.4, -0.2) is 11.9 Å². The van der Waals surface area contributed by atoms with Crippen molar-refractivity contribution in [2.24, 2.45) is 0 Å². The number of ether oxygens (including phenoxy) is 2. The van der Waals surface area contributed by atoms with Crippen LogP contribution in [0.4, 0.5) is 0 Å². The number of hydrogen-bond acceptors (Lipinski definition) is 3. The summed E-state index contributed by atoms with van der Waals surface area (Å²) in [6.45, 7) is 4.21. The van der Waals surface area contributed by atoms with E-state index in [0.29, 0.717) is 19.1 Å². The highest BCUT2D eigenvalue weighted by atomic mass is 16.5. The van der Waals surface area contributed by atoms with Crippen LogP contribution in [0.2, 0.25) is 0 Å². The molecule has 3 rings (SSSR count). The van der Waals surface area contributed by atoms with E-state index >= 15 is 0 Å². The zero-order valence-corrected chi connectivity index (χ0v) is 16.5. The zero-order valence-electron chi connectivity index (χ0n) is 16.5. The van der Waals surface area contributed by atoms with E-state index in [9.17, 15) is 4.79 Å². The quantitative estimate of drug-likeness (QED) is 0.591. The van der Waals surface area contributed by atoms with Crippen LogP contribution in [0.25, 0.3) is 0 Å². The third-order valence-electron chi connectivity index (χ3n) is 5.15. The molecule has 0 aliphatic heterocycles. The first-order valence-corrected chi connectivity index (χ1v) is 10.1. The molecule has 0 radical (unpaired) electrons. The molecule has 1 aliphatic carbocycles. The maximum absolute atomic E-state index is 11.1. The van der Waals surface area contributed by atoms with Gasteiger partial charge in [0.15, 0.2) is 0 Å². The molecule has 0 aromatic heterocycles. The minimum Gasteiger partial charge on any atom is -0.490 e. The summed E-state index contributed by atoms with van der Waals surface area (Å²) >= 11 is 0. The van der Waals surface area contributed by atoms with Gasteiger partial charge in [-0.25, -0.2) is 0 Å². The fraction of sp³-hybridized carbons (Fsp3) is 0.458. The minimum atomic E-state index is 0.225. The third kappa shape index (κ3) is 6.13. The van der Waals surface area contributed by atoms with Crippen molar-refractivity contribution >= 4 is 5.78 Å². The van der Waals surface area contributed by atoms with Gasteiger partial charge in [-0.15, -0.1) is 0 Å². The van der Waals surface area contributed by atoms with E-state index in [1.54, 1.807) is 6.92 Å². The van der Waals surface area contributed by atoms with Gasteiger partial charge in [0.1, 0.15) is 23.9 Å². The number of Topliss-reactive ketones (excluding diaryl/α,β-unsaturated/α-hetero) is 1. The van der Waals surface area contributed by atoms with Crippen LogP contribution in [0.3, 0.4) is 0 Å². The maximum atomic E-state index is 11.1. The zero-order chi connectivity index (χ0) is 19.1. The molecule has 0 bridgehead atoms. The summed E-state index contributed by atoms with van der Waals surface area (Å²) in [6, 6.07) is 14.4. The van der Waals surface area contributed by atoms with Crippen LogP contribution < -0.4 is 9.47 Å². The molecule has 0 saturated heterocycles. The minimum absolute atomic E-state index is 0.225. The van der Waals surface area contributed by atoms with Crippen molar-refractivity contribution < 1.29 is 14.3 Å². The summed E-state index contributed by atoms with van der Waals surface area (Å²) in [7, 11) is 0. The van der Waals surface area contributed by atoms with Crippen LogP contribution in [0.15, 0.2) is 42.5 Å². The highest BCUT2D eigenvalue weighted by Gasteiger charge is 2.15. The average molecular weight is 367 g/mol. The van der Waals surface area contributed by atoms with Crippen LogP contribution in [0.1, 0.15) is 62.1 Å². The summed E-state index contributed by atoms with van der Waals surface area (Å²) in [5.41, 5.74) is 3.40. The fourth-order valence-electron chi connectivity index (χ4n) is 3.59. The number of aryl methyl sites for hydroxylation is 2. The second-order valence-electron chi connectivity index (χ2n) is 7.62. The first-order chi connectivity index (χ1) is 13.1. The number of carbonyl (C=O) groups excluding carboxylic acids is 1. The van der Waals surface area contributed by atoms with Gasteiger partial charge in [-0.3, -0.25) is 0 Å². The van der Waals surface area contributed by atoms with Gasteiger partial charge in [0.2, 0.25) is 0 Å². The second-order valence-corrected chi connectivity index (χ2v) is 7.62. The predicted octanol–water partition coefficient (Wildman–Crippen LogP) is 5.81. The normalized spacial score (nSPS) is 14.7. The molecule has 1 aliphatic rings. The Labute approximate surface area is 162 Å². The van der Waals surface area contributed by atoms with Gasteiger partial charge in [0.05, 0.1) is 6.10 Å². The van der Waals surface area contributed by atoms with Crippen molar-refractivity contribution in [2.75, 3.05) is 0 Å². The molecule has 3 nitrogen and oxygen atoms in total. The van der Waals surface area contributed by atoms with E-state index in [0.717, 1.165) is 41.9 Å². The lowest BCUT2D eigenvalue weighted by Crippen LogP contribution is -2.19. The SMILES string of the molecule is CC(=O)CCc1ccc(OCc2cccc(OC3CCCCC3)c2)c(C)c1. The van der Waals surface area contributed by atoms with Gasteiger partial charge >= 0.3 is 0 Å². The lowest BCUT2D eigenvalue weighted by atomic mass is 9.98. The molecule has 0 amide bonds. The lowest BCUT2D eigenvalue weighted by Gasteiger charge is -2.23. The number of ketones is 1. The maximum Gasteiger partial charge on any atom is 0.130 e. The number of benzene rings is 2. The summed E-state index contributed by atoms with van der Waals surface area (Å²) in [5, 5.41) is 0. The van der Waals surface area contributed by atoms with E-state index in [-0.39, 0.29) is 5.78 Å². The molecule has 2 aromatic rings. The molecule has 0 N–H and O–H groups in total. The van der Waals surface area contributed by atoms with Crippen molar-refractivity contribution in [2.45, 2.75) is 71.5 Å². The molecule has 2 aromatic carbocycles. The Kier molecular flexibility index (Phi) is 6.92. The van der Waals surface area contributed by atoms with Crippen molar-refractivity contribution in [3.8, 4) is 11.5 Å². The van der Waals surface area contributed by atoms with Crippen LogP contribution in [-0.2, 0) is 17.8 Å². The first kappa shape index (κ1) is 19.5. The lowest BCUT2D eigenvalue weighted by molar-refractivity contribution is -0.116. The monoisotopic (exact) mass is 366 g/mol. The molecule has 0 heterocycles. The third-order valence-corrected chi connectivity index (χ3v) is 5.15. The second kappa shape index (κ2) is 9.59. The van der Waals surface area contributed by atoms with Crippen LogP contribution in [0, 0.1) is 6.92 Å². The Balaban J connectivity index is 1.56. The van der Waals surface area contributed by atoms with E-state index in [4.69, 9.17) is 9.47 Å². The highest BCUT2D eigenvalue weighted by molar-refractivity contribution is 5.75. The van der Waals surface area contributed by atoms with Crippen molar-refractivity contribution in [3.63, 3.8) is 0 Å². The average Bonchev–Trinajstić information content (AvgIpc) is 2.67. The molecular weight excluding hydrogens is 336 g/mol. The van der Waals surface area contributed by atoms with Gasteiger partial charge in [-0.1, -0.05) is 30.7 Å².